The third-order valence-electron chi connectivity index (χ3n) is 2.70. The Morgan fingerprint density at radius 3 is 2.75 bits per heavy atom. The maximum Gasteiger partial charge on any atom is 0.292 e. The fourth-order valence-electron chi connectivity index (χ4n) is 1.87. The van der Waals surface area contributed by atoms with Crippen LogP contribution in [0.15, 0.2) is 18.2 Å². The van der Waals surface area contributed by atoms with Crippen molar-refractivity contribution in [2.45, 2.75) is 19.9 Å². The third kappa shape index (κ3) is 4.85. The number of benzene rings is 1. The standard InChI is InChI=1S/C13H20N4O3/c1-3-6-15-11-5-4-10(7-12(11)17(19)20)8-16(2)9-13(14)18/h4-5,7,15H,3,6,8-9H2,1-2H3,(H2,14,18). The number of nitro benzene ring substituents is 1. The van der Waals surface area contributed by atoms with Crippen molar-refractivity contribution in [1.29, 1.82) is 0 Å². The minimum Gasteiger partial charge on any atom is -0.380 e. The Morgan fingerprint density at radius 1 is 1.50 bits per heavy atom. The van der Waals surface area contributed by atoms with Gasteiger partial charge in [-0.1, -0.05) is 13.0 Å². The van der Waals surface area contributed by atoms with Crippen LogP contribution in [-0.4, -0.2) is 35.9 Å². The van der Waals surface area contributed by atoms with Gasteiger partial charge in [-0.15, -0.1) is 0 Å². The van der Waals surface area contributed by atoms with Crippen molar-refractivity contribution in [2.24, 2.45) is 5.73 Å². The number of likely N-dealkylation sites (N-methyl/N-ethyl adjacent to an activating group) is 1. The summed E-state index contributed by atoms with van der Waals surface area (Å²) in [6.07, 6.45) is 0.889. The number of carbonyl (C=O) groups excluding carboxylic acids is 1. The van der Waals surface area contributed by atoms with Gasteiger partial charge in [0.2, 0.25) is 5.91 Å². The van der Waals surface area contributed by atoms with Crippen LogP contribution in [0, 0.1) is 10.1 Å². The maximum atomic E-state index is 11.1. The minimum absolute atomic E-state index is 0.0448. The van der Waals surface area contributed by atoms with E-state index < -0.39 is 10.8 Å². The Kier molecular flexibility index (Phi) is 5.92. The highest BCUT2D eigenvalue weighted by atomic mass is 16.6. The smallest absolute Gasteiger partial charge is 0.292 e. The number of hydrogen-bond acceptors (Lipinski definition) is 5. The largest absolute Gasteiger partial charge is 0.380 e. The van der Waals surface area contributed by atoms with Crippen LogP contribution in [0.5, 0.6) is 0 Å². The molecule has 0 bridgehead atoms. The van der Waals surface area contributed by atoms with Gasteiger partial charge >= 0.3 is 0 Å². The molecule has 1 aromatic carbocycles. The Balaban J connectivity index is 2.86. The number of amides is 1. The van der Waals surface area contributed by atoms with Gasteiger partial charge in [0.05, 0.1) is 11.5 Å². The van der Waals surface area contributed by atoms with Crippen molar-refractivity contribution in [3.8, 4) is 0 Å². The highest BCUT2D eigenvalue weighted by Gasteiger charge is 2.15. The van der Waals surface area contributed by atoms with Crippen molar-refractivity contribution < 1.29 is 9.72 Å². The second-order valence-electron chi connectivity index (χ2n) is 4.67. The van der Waals surface area contributed by atoms with Gasteiger partial charge in [-0.05, 0) is 25.1 Å². The SMILES string of the molecule is CCCNc1ccc(CN(C)CC(N)=O)cc1[N+](=O)[O-]. The number of anilines is 1. The molecule has 0 atom stereocenters. The highest BCUT2D eigenvalue weighted by Crippen LogP contribution is 2.26. The molecule has 0 spiro atoms. The summed E-state index contributed by atoms with van der Waals surface area (Å²) in [5.74, 6) is -0.428. The zero-order valence-corrected chi connectivity index (χ0v) is 11.8. The predicted molar refractivity (Wildman–Crippen MR) is 77.4 cm³/mol. The summed E-state index contributed by atoms with van der Waals surface area (Å²) >= 11 is 0. The second kappa shape index (κ2) is 7.44. The number of nitro groups is 1. The fraction of sp³-hybridized carbons (Fsp3) is 0.462. The number of carbonyl (C=O) groups is 1. The van der Waals surface area contributed by atoms with Gasteiger partial charge in [0.25, 0.3) is 5.69 Å². The van der Waals surface area contributed by atoms with E-state index in [0.717, 1.165) is 12.0 Å². The number of nitrogens with two attached hydrogens (primary N) is 1. The molecule has 0 aliphatic heterocycles. The molecular formula is C13H20N4O3. The van der Waals surface area contributed by atoms with E-state index >= 15 is 0 Å². The normalized spacial score (nSPS) is 10.6. The summed E-state index contributed by atoms with van der Waals surface area (Å²) in [6, 6.07) is 5.03. The van der Waals surface area contributed by atoms with Gasteiger partial charge < -0.3 is 11.1 Å². The molecule has 0 radical (unpaired) electrons. The van der Waals surface area contributed by atoms with Crippen LogP contribution in [0.1, 0.15) is 18.9 Å². The number of nitrogens with zero attached hydrogens (tertiary/aromatic N) is 2. The van der Waals surface area contributed by atoms with E-state index in [0.29, 0.717) is 18.8 Å². The molecule has 0 heterocycles. The van der Waals surface area contributed by atoms with Crippen molar-refractivity contribution >= 4 is 17.3 Å². The lowest BCUT2D eigenvalue weighted by Crippen LogP contribution is -2.30. The highest BCUT2D eigenvalue weighted by molar-refractivity contribution is 5.75. The van der Waals surface area contributed by atoms with Gasteiger partial charge in [-0.3, -0.25) is 19.8 Å². The first-order valence-electron chi connectivity index (χ1n) is 6.42. The second-order valence-corrected chi connectivity index (χ2v) is 4.67. The quantitative estimate of drug-likeness (QED) is 0.552. The van der Waals surface area contributed by atoms with E-state index in [2.05, 4.69) is 5.32 Å². The first-order valence-corrected chi connectivity index (χ1v) is 6.42. The molecule has 0 saturated carbocycles. The predicted octanol–water partition coefficient (Wildman–Crippen LogP) is 1.33. The van der Waals surface area contributed by atoms with Gasteiger partial charge in [0, 0.05) is 19.2 Å². The van der Waals surface area contributed by atoms with Gasteiger partial charge in [-0.25, -0.2) is 0 Å². The van der Waals surface area contributed by atoms with E-state index in [-0.39, 0.29) is 12.2 Å². The molecule has 0 saturated heterocycles. The van der Waals surface area contributed by atoms with Crippen LogP contribution >= 0.6 is 0 Å². The molecule has 1 rings (SSSR count). The molecule has 1 aromatic rings. The molecule has 3 N–H and O–H groups in total. The van der Waals surface area contributed by atoms with E-state index in [9.17, 15) is 14.9 Å². The zero-order chi connectivity index (χ0) is 15.1. The monoisotopic (exact) mass is 280 g/mol. The zero-order valence-electron chi connectivity index (χ0n) is 11.8. The molecule has 7 heteroatoms. The van der Waals surface area contributed by atoms with Gasteiger partial charge in [0.15, 0.2) is 0 Å². The Hall–Kier alpha value is -2.15. The molecule has 0 unspecified atom stereocenters. The van der Waals surface area contributed by atoms with E-state index in [1.54, 1.807) is 18.0 Å². The number of rotatable bonds is 8. The number of primary amides is 1. The Bertz CT molecular complexity index is 491. The average molecular weight is 280 g/mol. The molecule has 110 valence electrons. The van der Waals surface area contributed by atoms with E-state index in [1.807, 2.05) is 13.0 Å². The lowest BCUT2D eigenvalue weighted by Gasteiger charge is -2.15. The van der Waals surface area contributed by atoms with Gasteiger partial charge in [0.1, 0.15) is 5.69 Å². The molecule has 0 fully saturated rings. The number of hydrogen-bond donors (Lipinski definition) is 2. The van der Waals surface area contributed by atoms with Crippen LogP contribution in [-0.2, 0) is 11.3 Å². The van der Waals surface area contributed by atoms with Gasteiger partial charge in [-0.2, -0.15) is 0 Å². The van der Waals surface area contributed by atoms with E-state index in [1.165, 1.54) is 6.07 Å². The molecule has 1 amide bonds. The summed E-state index contributed by atoms with van der Waals surface area (Å²) in [5.41, 5.74) is 6.43. The Morgan fingerprint density at radius 2 is 2.20 bits per heavy atom. The fourth-order valence-corrected chi connectivity index (χ4v) is 1.87. The van der Waals surface area contributed by atoms with Crippen LogP contribution in [0.25, 0.3) is 0 Å². The molecular weight excluding hydrogens is 260 g/mol. The Labute approximate surface area is 117 Å². The maximum absolute atomic E-state index is 11.1. The van der Waals surface area contributed by atoms with Crippen molar-refractivity contribution in [2.75, 3.05) is 25.5 Å². The first-order chi connectivity index (χ1) is 9.43. The van der Waals surface area contributed by atoms with Crippen LogP contribution in [0.4, 0.5) is 11.4 Å². The average Bonchev–Trinajstić information content (AvgIpc) is 2.35. The lowest BCUT2D eigenvalue weighted by atomic mass is 10.1. The third-order valence-corrected chi connectivity index (χ3v) is 2.70. The summed E-state index contributed by atoms with van der Waals surface area (Å²) < 4.78 is 0. The molecule has 20 heavy (non-hydrogen) atoms. The topological polar surface area (TPSA) is 102 Å². The van der Waals surface area contributed by atoms with Crippen LogP contribution < -0.4 is 11.1 Å². The number of nitrogens with one attached hydrogen (secondary N) is 1. The summed E-state index contributed by atoms with van der Waals surface area (Å²) in [6.45, 7) is 3.22. The van der Waals surface area contributed by atoms with Crippen molar-refractivity contribution in [3.05, 3.63) is 33.9 Å². The summed E-state index contributed by atoms with van der Waals surface area (Å²) in [4.78, 5) is 23.2. The van der Waals surface area contributed by atoms with Crippen molar-refractivity contribution in [1.82, 2.24) is 4.90 Å². The summed E-state index contributed by atoms with van der Waals surface area (Å²) in [5, 5.41) is 14.1. The molecule has 0 aliphatic carbocycles. The summed E-state index contributed by atoms with van der Waals surface area (Å²) in [7, 11) is 1.74. The molecule has 0 aliphatic rings. The molecule has 7 nitrogen and oxygen atoms in total. The first kappa shape index (κ1) is 15.9. The van der Waals surface area contributed by atoms with Crippen LogP contribution in [0.3, 0.4) is 0 Å². The van der Waals surface area contributed by atoms with E-state index in [4.69, 9.17) is 5.73 Å². The molecule has 0 aromatic heterocycles. The van der Waals surface area contributed by atoms with Crippen molar-refractivity contribution in [3.63, 3.8) is 0 Å². The minimum atomic E-state index is -0.428. The lowest BCUT2D eigenvalue weighted by molar-refractivity contribution is -0.384. The van der Waals surface area contributed by atoms with Crippen LogP contribution in [0.2, 0.25) is 0 Å².